The highest BCUT2D eigenvalue weighted by atomic mass is 16.5. The van der Waals surface area contributed by atoms with Crippen molar-refractivity contribution in [1.29, 1.82) is 5.26 Å². The Hall–Kier alpha value is -2.80. The number of benzene rings is 2. The molecule has 100 valence electrons. The van der Waals surface area contributed by atoms with Gasteiger partial charge in [-0.25, -0.2) is 0 Å². The molecule has 0 spiro atoms. The lowest BCUT2D eigenvalue weighted by Crippen LogP contribution is -2.20. The molecule has 0 aliphatic heterocycles. The van der Waals surface area contributed by atoms with Crippen molar-refractivity contribution in [2.75, 3.05) is 11.9 Å². The molecular weight excluding hydrogens is 252 g/mol. The highest BCUT2D eigenvalue weighted by molar-refractivity contribution is 5.91. The Morgan fingerprint density at radius 1 is 1.10 bits per heavy atom. The Labute approximate surface area is 117 Å². The van der Waals surface area contributed by atoms with E-state index in [9.17, 15) is 4.79 Å². The monoisotopic (exact) mass is 266 g/mol. The van der Waals surface area contributed by atoms with E-state index in [0.717, 1.165) is 5.56 Å². The number of nitriles is 1. The lowest BCUT2D eigenvalue weighted by atomic mass is 10.1. The molecule has 0 unspecified atom stereocenters. The van der Waals surface area contributed by atoms with Gasteiger partial charge in [0, 0.05) is 5.69 Å². The summed E-state index contributed by atoms with van der Waals surface area (Å²) >= 11 is 0. The predicted molar refractivity (Wildman–Crippen MR) is 76.3 cm³/mol. The van der Waals surface area contributed by atoms with Gasteiger partial charge in [-0.05, 0) is 29.8 Å². The van der Waals surface area contributed by atoms with Crippen molar-refractivity contribution in [3.63, 3.8) is 0 Å². The van der Waals surface area contributed by atoms with Crippen molar-refractivity contribution in [3.8, 4) is 11.8 Å². The van der Waals surface area contributed by atoms with E-state index in [1.54, 1.807) is 24.3 Å². The van der Waals surface area contributed by atoms with Gasteiger partial charge in [0.05, 0.1) is 12.5 Å². The molecule has 0 aliphatic rings. The lowest BCUT2D eigenvalue weighted by Gasteiger charge is -2.07. The van der Waals surface area contributed by atoms with Crippen LogP contribution >= 0.6 is 0 Å². The summed E-state index contributed by atoms with van der Waals surface area (Å²) in [7, 11) is 0. The number of amides is 1. The fraction of sp³-hybridized carbons (Fsp3) is 0.125. The maximum atomic E-state index is 11.7. The highest BCUT2D eigenvalue weighted by Crippen LogP contribution is 2.11. The van der Waals surface area contributed by atoms with Crippen LogP contribution in [0, 0.1) is 11.3 Å². The molecule has 0 saturated carbocycles. The first-order chi connectivity index (χ1) is 9.78. The molecule has 0 aromatic heterocycles. The van der Waals surface area contributed by atoms with Crippen molar-refractivity contribution >= 4 is 11.6 Å². The summed E-state index contributed by atoms with van der Waals surface area (Å²) < 4.78 is 5.35. The first kappa shape index (κ1) is 13.6. The zero-order chi connectivity index (χ0) is 14.2. The SMILES string of the molecule is N#CCc1ccc(NC(=O)COc2ccccc2)cc1. The minimum atomic E-state index is -0.220. The standard InChI is InChI=1S/C16H14N2O2/c17-11-10-13-6-8-14(9-7-13)18-16(19)12-20-15-4-2-1-3-5-15/h1-9H,10,12H2,(H,18,19). The van der Waals surface area contributed by atoms with Gasteiger partial charge in [-0.15, -0.1) is 0 Å². The third kappa shape index (κ3) is 4.14. The second-order valence-electron chi connectivity index (χ2n) is 4.18. The number of hydrogen-bond acceptors (Lipinski definition) is 3. The Kier molecular flexibility index (Phi) is 4.74. The molecule has 1 N–H and O–H groups in total. The topological polar surface area (TPSA) is 62.1 Å². The Bertz CT molecular complexity index is 601. The summed E-state index contributed by atoms with van der Waals surface area (Å²) in [5.41, 5.74) is 1.61. The quantitative estimate of drug-likeness (QED) is 0.905. The van der Waals surface area contributed by atoms with Crippen LogP contribution < -0.4 is 10.1 Å². The van der Waals surface area contributed by atoms with Crippen LogP contribution in [0.5, 0.6) is 5.75 Å². The average Bonchev–Trinajstić information content (AvgIpc) is 2.49. The number of para-hydroxylation sites is 1. The molecular formula is C16H14N2O2. The summed E-state index contributed by atoms with van der Waals surface area (Å²) in [6.07, 6.45) is 0.366. The lowest BCUT2D eigenvalue weighted by molar-refractivity contribution is -0.118. The summed E-state index contributed by atoms with van der Waals surface area (Å²) in [4.78, 5) is 11.7. The Balaban J connectivity index is 1.84. The molecule has 2 rings (SSSR count). The highest BCUT2D eigenvalue weighted by Gasteiger charge is 2.03. The number of rotatable bonds is 5. The van der Waals surface area contributed by atoms with Crippen molar-refractivity contribution in [2.45, 2.75) is 6.42 Å². The van der Waals surface area contributed by atoms with E-state index in [0.29, 0.717) is 17.9 Å². The molecule has 0 heterocycles. The van der Waals surface area contributed by atoms with Gasteiger partial charge in [0.1, 0.15) is 5.75 Å². The summed E-state index contributed by atoms with van der Waals surface area (Å²) in [5, 5.41) is 11.3. The minimum Gasteiger partial charge on any atom is -0.484 e. The fourth-order valence-electron chi connectivity index (χ4n) is 1.66. The molecule has 2 aromatic rings. The van der Waals surface area contributed by atoms with Crippen LogP contribution in [-0.2, 0) is 11.2 Å². The second-order valence-corrected chi connectivity index (χ2v) is 4.18. The molecule has 4 heteroatoms. The zero-order valence-electron chi connectivity index (χ0n) is 10.9. The maximum absolute atomic E-state index is 11.7. The molecule has 1 amide bonds. The second kappa shape index (κ2) is 6.95. The van der Waals surface area contributed by atoms with Gasteiger partial charge in [0.25, 0.3) is 5.91 Å². The summed E-state index contributed by atoms with van der Waals surface area (Å²) in [6.45, 7) is -0.0377. The average molecular weight is 266 g/mol. The molecule has 0 fully saturated rings. The van der Waals surface area contributed by atoms with Gasteiger partial charge in [-0.3, -0.25) is 4.79 Å². The van der Waals surface area contributed by atoms with Crippen molar-refractivity contribution in [3.05, 3.63) is 60.2 Å². The van der Waals surface area contributed by atoms with E-state index < -0.39 is 0 Å². The van der Waals surface area contributed by atoms with Crippen molar-refractivity contribution < 1.29 is 9.53 Å². The number of nitrogens with zero attached hydrogens (tertiary/aromatic N) is 1. The van der Waals surface area contributed by atoms with Crippen LogP contribution in [0.4, 0.5) is 5.69 Å². The van der Waals surface area contributed by atoms with Crippen LogP contribution in [0.1, 0.15) is 5.56 Å². The van der Waals surface area contributed by atoms with Gasteiger partial charge in [-0.1, -0.05) is 30.3 Å². The maximum Gasteiger partial charge on any atom is 0.262 e. The van der Waals surface area contributed by atoms with E-state index in [1.165, 1.54) is 0 Å². The number of carbonyl (C=O) groups is 1. The van der Waals surface area contributed by atoms with Crippen LogP contribution in [0.2, 0.25) is 0 Å². The number of ether oxygens (including phenoxy) is 1. The number of hydrogen-bond donors (Lipinski definition) is 1. The van der Waals surface area contributed by atoms with E-state index in [4.69, 9.17) is 10.00 Å². The molecule has 0 radical (unpaired) electrons. The van der Waals surface area contributed by atoms with Gasteiger partial charge >= 0.3 is 0 Å². The minimum absolute atomic E-state index is 0.0377. The predicted octanol–water partition coefficient (Wildman–Crippen LogP) is 2.77. The van der Waals surface area contributed by atoms with Gasteiger partial charge in [0.2, 0.25) is 0 Å². The first-order valence-corrected chi connectivity index (χ1v) is 6.21. The fourth-order valence-corrected chi connectivity index (χ4v) is 1.66. The van der Waals surface area contributed by atoms with Crippen LogP contribution in [0.15, 0.2) is 54.6 Å². The van der Waals surface area contributed by atoms with Crippen LogP contribution in [0.25, 0.3) is 0 Å². The van der Waals surface area contributed by atoms with Gasteiger partial charge < -0.3 is 10.1 Å². The molecule has 0 atom stereocenters. The van der Waals surface area contributed by atoms with Gasteiger partial charge in [-0.2, -0.15) is 5.26 Å². The van der Waals surface area contributed by atoms with E-state index >= 15 is 0 Å². The van der Waals surface area contributed by atoms with Crippen molar-refractivity contribution in [1.82, 2.24) is 0 Å². The van der Waals surface area contributed by atoms with Gasteiger partial charge in [0.15, 0.2) is 6.61 Å². The first-order valence-electron chi connectivity index (χ1n) is 6.21. The molecule has 2 aromatic carbocycles. The zero-order valence-corrected chi connectivity index (χ0v) is 10.9. The van der Waals surface area contributed by atoms with E-state index in [2.05, 4.69) is 11.4 Å². The third-order valence-corrected chi connectivity index (χ3v) is 2.63. The molecule has 0 aliphatic carbocycles. The van der Waals surface area contributed by atoms with Crippen molar-refractivity contribution in [2.24, 2.45) is 0 Å². The third-order valence-electron chi connectivity index (χ3n) is 2.63. The molecule has 20 heavy (non-hydrogen) atoms. The normalized spacial score (nSPS) is 9.55. The summed E-state index contributed by atoms with van der Waals surface area (Å²) in [6, 6.07) is 18.4. The van der Waals surface area contributed by atoms with Crippen LogP contribution in [0.3, 0.4) is 0 Å². The Morgan fingerprint density at radius 2 is 1.80 bits per heavy atom. The van der Waals surface area contributed by atoms with E-state index in [-0.39, 0.29) is 12.5 Å². The summed E-state index contributed by atoms with van der Waals surface area (Å²) in [5.74, 6) is 0.439. The number of anilines is 1. The number of nitrogens with one attached hydrogen (secondary N) is 1. The van der Waals surface area contributed by atoms with Crippen LogP contribution in [-0.4, -0.2) is 12.5 Å². The largest absolute Gasteiger partial charge is 0.484 e. The molecule has 0 saturated heterocycles. The van der Waals surface area contributed by atoms with E-state index in [1.807, 2.05) is 30.3 Å². The number of carbonyl (C=O) groups excluding carboxylic acids is 1. The molecule has 4 nitrogen and oxygen atoms in total. The molecule has 0 bridgehead atoms. The smallest absolute Gasteiger partial charge is 0.262 e. The Morgan fingerprint density at radius 3 is 2.45 bits per heavy atom.